The van der Waals surface area contributed by atoms with E-state index in [0.29, 0.717) is 16.7 Å². The van der Waals surface area contributed by atoms with Gasteiger partial charge < -0.3 is 19.1 Å². The highest BCUT2D eigenvalue weighted by Crippen LogP contribution is 2.31. The van der Waals surface area contributed by atoms with E-state index in [4.69, 9.17) is 9.47 Å². The zero-order valence-electron chi connectivity index (χ0n) is 17.7. The van der Waals surface area contributed by atoms with Gasteiger partial charge in [-0.25, -0.2) is 0 Å². The average Bonchev–Trinajstić information content (AvgIpc) is 2.80. The highest BCUT2D eigenvalue weighted by molar-refractivity contribution is 5.82. The first-order chi connectivity index (χ1) is 15.3. The quantitative estimate of drug-likeness (QED) is 0.477. The van der Waals surface area contributed by atoms with E-state index in [1.807, 2.05) is 0 Å². The summed E-state index contributed by atoms with van der Waals surface area (Å²) in [5.74, 6) is -1.65. The molecule has 0 saturated carbocycles. The van der Waals surface area contributed by atoms with Crippen LogP contribution < -0.4 is 15.9 Å². The lowest BCUT2D eigenvalue weighted by molar-refractivity contribution is -0.140. The molecule has 0 saturated heterocycles. The van der Waals surface area contributed by atoms with Gasteiger partial charge in [-0.2, -0.15) is 4.98 Å². The van der Waals surface area contributed by atoms with Crippen LogP contribution in [0.4, 0.5) is 0 Å². The maximum Gasteiger partial charge on any atom is 0.306 e. The van der Waals surface area contributed by atoms with Gasteiger partial charge in [-0.3, -0.25) is 18.8 Å². The number of aryl methyl sites for hydroxylation is 1. The number of pyridine rings is 2. The molecule has 4 aromatic rings. The number of aromatic nitrogens is 3. The molecule has 0 aliphatic carbocycles. The third kappa shape index (κ3) is 3.47. The molecule has 0 spiro atoms. The molecule has 0 aliphatic heterocycles. The number of ether oxygens (including phenoxy) is 2. The summed E-state index contributed by atoms with van der Waals surface area (Å²) < 4.78 is 12.7. The first kappa shape index (κ1) is 21.1. The highest BCUT2D eigenvalue weighted by Gasteiger charge is 2.29. The summed E-state index contributed by atoms with van der Waals surface area (Å²) in [5, 5.41) is 11.3. The van der Waals surface area contributed by atoms with Gasteiger partial charge in [-0.15, -0.1) is 0 Å². The second-order valence-electron chi connectivity index (χ2n) is 7.30. The van der Waals surface area contributed by atoms with Crippen molar-refractivity contribution in [2.24, 2.45) is 7.05 Å². The van der Waals surface area contributed by atoms with Crippen molar-refractivity contribution in [2.75, 3.05) is 14.2 Å². The van der Waals surface area contributed by atoms with E-state index in [1.165, 1.54) is 29.4 Å². The molecule has 1 aromatic carbocycles. The molecular weight excluding hydrogens is 414 g/mol. The van der Waals surface area contributed by atoms with Crippen LogP contribution in [-0.2, 0) is 16.6 Å². The zero-order chi connectivity index (χ0) is 23.0. The molecule has 3 aromatic heterocycles. The van der Waals surface area contributed by atoms with E-state index in [1.54, 1.807) is 49.5 Å². The van der Waals surface area contributed by atoms with Crippen molar-refractivity contribution in [1.29, 1.82) is 0 Å². The average molecular weight is 435 g/mol. The largest absolute Gasteiger partial charge is 0.497 e. The van der Waals surface area contributed by atoms with Gasteiger partial charge in [0, 0.05) is 30.8 Å². The summed E-state index contributed by atoms with van der Waals surface area (Å²) in [6.45, 7) is 0. The Morgan fingerprint density at radius 2 is 1.91 bits per heavy atom. The molecular formula is C23H21N3O6. The molecule has 32 heavy (non-hydrogen) atoms. The predicted octanol–water partition coefficient (Wildman–Crippen LogP) is 1.96. The molecule has 0 bridgehead atoms. The van der Waals surface area contributed by atoms with Crippen molar-refractivity contribution in [3.63, 3.8) is 0 Å². The van der Waals surface area contributed by atoms with Crippen LogP contribution in [0.3, 0.4) is 0 Å². The van der Waals surface area contributed by atoms with E-state index in [9.17, 15) is 19.5 Å². The summed E-state index contributed by atoms with van der Waals surface area (Å²) in [7, 11) is 4.34. The van der Waals surface area contributed by atoms with Gasteiger partial charge in [0.05, 0.1) is 31.7 Å². The molecule has 9 nitrogen and oxygen atoms in total. The lowest BCUT2D eigenvalue weighted by atomic mass is 9.89. The topological polar surface area (TPSA) is 112 Å². The first-order valence-electron chi connectivity index (χ1n) is 9.80. The summed E-state index contributed by atoms with van der Waals surface area (Å²) in [6.07, 6.45) is 1.18. The smallest absolute Gasteiger partial charge is 0.306 e. The molecule has 1 atom stereocenters. The van der Waals surface area contributed by atoms with Crippen LogP contribution in [-0.4, -0.2) is 39.2 Å². The Hall–Kier alpha value is -4.14. The van der Waals surface area contributed by atoms with Crippen LogP contribution in [0.15, 0.2) is 58.3 Å². The minimum atomic E-state index is -1.07. The summed E-state index contributed by atoms with van der Waals surface area (Å²) in [4.78, 5) is 42.9. The molecule has 9 heteroatoms. The minimum absolute atomic E-state index is 0.149. The lowest BCUT2D eigenvalue weighted by Gasteiger charge is -2.19. The highest BCUT2D eigenvalue weighted by atomic mass is 16.5. The van der Waals surface area contributed by atoms with Crippen LogP contribution in [0, 0.1) is 0 Å². The summed E-state index contributed by atoms with van der Waals surface area (Å²) in [5.41, 5.74) is -0.109. The van der Waals surface area contributed by atoms with Crippen LogP contribution in [0.25, 0.3) is 16.6 Å². The van der Waals surface area contributed by atoms with Gasteiger partial charge in [0.2, 0.25) is 5.88 Å². The summed E-state index contributed by atoms with van der Waals surface area (Å²) >= 11 is 0. The van der Waals surface area contributed by atoms with Crippen molar-refractivity contribution in [3.8, 4) is 11.6 Å². The number of methoxy groups -OCH3 is 2. The number of hydrogen-bond donors (Lipinski definition) is 1. The van der Waals surface area contributed by atoms with Crippen molar-refractivity contribution >= 4 is 22.5 Å². The first-order valence-corrected chi connectivity index (χ1v) is 9.80. The normalized spacial score (nSPS) is 12.1. The second kappa shape index (κ2) is 8.18. The number of fused-ring (bicyclic) bond motifs is 2. The molecule has 164 valence electrons. The lowest BCUT2D eigenvalue weighted by Crippen LogP contribution is -2.30. The third-order valence-electron chi connectivity index (χ3n) is 5.53. The Bertz CT molecular complexity index is 1470. The van der Waals surface area contributed by atoms with Crippen LogP contribution in [0.5, 0.6) is 11.6 Å². The number of rotatable bonds is 5. The van der Waals surface area contributed by atoms with E-state index in [0.717, 1.165) is 0 Å². The van der Waals surface area contributed by atoms with Gasteiger partial charge in [0.25, 0.3) is 11.1 Å². The van der Waals surface area contributed by atoms with Crippen LogP contribution in [0.1, 0.15) is 23.5 Å². The Balaban J connectivity index is 2.02. The van der Waals surface area contributed by atoms with E-state index >= 15 is 0 Å². The molecule has 4 rings (SSSR count). The van der Waals surface area contributed by atoms with Gasteiger partial charge in [-0.1, -0.05) is 6.07 Å². The number of aromatic hydroxyl groups is 1. The second-order valence-corrected chi connectivity index (χ2v) is 7.30. The van der Waals surface area contributed by atoms with Crippen LogP contribution in [0.2, 0.25) is 0 Å². The van der Waals surface area contributed by atoms with E-state index in [-0.39, 0.29) is 23.2 Å². The van der Waals surface area contributed by atoms with Gasteiger partial charge in [-0.05, 0) is 35.7 Å². The fourth-order valence-corrected chi connectivity index (χ4v) is 3.86. The van der Waals surface area contributed by atoms with E-state index < -0.39 is 28.9 Å². The molecule has 1 unspecified atom stereocenters. The number of nitrogens with zero attached hydrogens (tertiary/aromatic N) is 3. The zero-order valence-corrected chi connectivity index (χ0v) is 17.7. The molecule has 1 N–H and O–H groups in total. The number of esters is 1. The fraction of sp³-hybridized carbons (Fsp3) is 0.217. The fourth-order valence-electron chi connectivity index (χ4n) is 3.86. The predicted molar refractivity (Wildman–Crippen MR) is 117 cm³/mol. The maximum absolute atomic E-state index is 13.3. The van der Waals surface area contributed by atoms with Gasteiger partial charge in [0.1, 0.15) is 11.4 Å². The van der Waals surface area contributed by atoms with Crippen molar-refractivity contribution in [1.82, 2.24) is 14.0 Å². The van der Waals surface area contributed by atoms with Crippen molar-refractivity contribution in [2.45, 2.75) is 12.3 Å². The number of carbonyl (C=O) groups is 1. The van der Waals surface area contributed by atoms with Gasteiger partial charge in [0.15, 0.2) is 0 Å². The number of carbonyl (C=O) groups excluding carboxylic acids is 1. The third-order valence-corrected chi connectivity index (χ3v) is 5.53. The Morgan fingerprint density at radius 3 is 2.62 bits per heavy atom. The molecule has 0 aliphatic rings. The van der Waals surface area contributed by atoms with Crippen molar-refractivity contribution < 1.29 is 19.4 Å². The molecule has 0 amide bonds. The van der Waals surface area contributed by atoms with E-state index in [2.05, 4.69) is 4.98 Å². The number of hydrogen-bond acceptors (Lipinski definition) is 7. The van der Waals surface area contributed by atoms with Gasteiger partial charge >= 0.3 is 5.97 Å². The SMILES string of the molecule is COC(=O)CC(c1cc2ccc(OC)cc2n(C)c1=O)c1c(O)nc2ccccn2c1=O. The Labute approximate surface area is 182 Å². The number of benzene rings is 1. The molecule has 0 fully saturated rings. The monoisotopic (exact) mass is 435 g/mol. The Morgan fingerprint density at radius 1 is 1.12 bits per heavy atom. The molecule has 0 radical (unpaired) electrons. The van der Waals surface area contributed by atoms with Crippen LogP contribution >= 0.6 is 0 Å². The van der Waals surface area contributed by atoms with Crippen molar-refractivity contribution in [3.05, 3.63) is 80.5 Å². The summed E-state index contributed by atoms with van der Waals surface area (Å²) in [6, 6.07) is 11.8. The standard InChI is InChI=1S/C23H21N3O6/c1-25-17-11-14(31-2)8-7-13(17)10-16(22(25)29)15(12-19(27)32-3)20-21(28)24-18-6-4-5-9-26(18)23(20)30/h4-11,15,28H,12H2,1-3H3. The minimum Gasteiger partial charge on any atom is -0.497 e. The molecule has 3 heterocycles. The maximum atomic E-state index is 13.3. The Kier molecular flexibility index (Phi) is 5.40.